The van der Waals surface area contributed by atoms with Gasteiger partial charge in [-0.2, -0.15) is 5.26 Å². The summed E-state index contributed by atoms with van der Waals surface area (Å²) in [5.74, 6) is 0.694. The van der Waals surface area contributed by atoms with Crippen molar-refractivity contribution >= 4 is 5.91 Å². The molecule has 1 aliphatic heterocycles. The molecule has 0 radical (unpaired) electrons. The first-order valence-electron chi connectivity index (χ1n) is 6.96. The molecule has 1 N–H and O–H groups in total. The monoisotopic (exact) mass is 250 g/mol. The normalized spacial score (nSPS) is 31.3. The molecule has 0 unspecified atom stereocenters. The van der Waals surface area contributed by atoms with Crippen molar-refractivity contribution in [1.29, 1.82) is 5.26 Å². The predicted octanol–water partition coefficient (Wildman–Crippen LogP) is 2.00. The zero-order valence-corrected chi connectivity index (χ0v) is 11.1. The van der Waals surface area contributed by atoms with Crippen LogP contribution in [0.3, 0.4) is 0 Å². The molecule has 2 fully saturated rings. The van der Waals surface area contributed by atoms with Crippen molar-refractivity contribution in [3.63, 3.8) is 0 Å². The van der Waals surface area contributed by atoms with Gasteiger partial charge in [-0.3, -0.25) is 4.79 Å². The molecule has 2 aliphatic rings. The Morgan fingerprint density at radius 3 is 2.44 bits per heavy atom. The van der Waals surface area contributed by atoms with Gasteiger partial charge in [0.1, 0.15) is 5.41 Å². The highest BCUT2D eigenvalue weighted by atomic mass is 16.5. The SMILES string of the molecule is CC1CCC(NC(=O)C2(C#N)CCOCC2)CC1. The molecule has 1 heterocycles. The number of nitrogens with one attached hydrogen (secondary N) is 1. The maximum absolute atomic E-state index is 12.3. The van der Waals surface area contributed by atoms with Crippen LogP contribution in [0, 0.1) is 22.7 Å². The van der Waals surface area contributed by atoms with Crippen LogP contribution in [0.2, 0.25) is 0 Å². The lowest BCUT2D eigenvalue weighted by Crippen LogP contribution is -2.48. The minimum Gasteiger partial charge on any atom is -0.381 e. The van der Waals surface area contributed by atoms with E-state index in [9.17, 15) is 10.1 Å². The molecule has 0 spiro atoms. The smallest absolute Gasteiger partial charge is 0.240 e. The molecule has 2 rings (SSSR count). The van der Waals surface area contributed by atoms with Gasteiger partial charge in [-0.1, -0.05) is 6.92 Å². The van der Waals surface area contributed by atoms with E-state index in [4.69, 9.17) is 4.74 Å². The van der Waals surface area contributed by atoms with E-state index in [1.54, 1.807) is 0 Å². The molecule has 0 bridgehead atoms. The van der Waals surface area contributed by atoms with Crippen molar-refractivity contribution in [2.75, 3.05) is 13.2 Å². The maximum atomic E-state index is 12.3. The first-order chi connectivity index (χ1) is 8.66. The second-order valence-electron chi connectivity index (χ2n) is 5.74. The first-order valence-corrected chi connectivity index (χ1v) is 6.96. The van der Waals surface area contributed by atoms with E-state index >= 15 is 0 Å². The molecule has 18 heavy (non-hydrogen) atoms. The van der Waals surface area contributed by atoms with Gasteiger partial charge >= 0.3 is 0 Å². The van der Waals surface area contributed by atoms with Gasteiger partial charge in [-0.15, -0.1) is 0 Å². The predicted molar refractivity (Wildman–Crippen MR) is 67.7 cm³/mol. The highest BCUT2D eigenvalue weighted by Gasteiger charge is 2.41. The van der Waals surface area contributed by atoms with E-state index in [0.29, 0.717) is 26.1 Å². The average Bonchev–Trinajstić information content (AvgIpc) is 2.42. The highest BCUT2D eigenvalue weighted by Crippen LogP contribution is 2.31. The second kappa shape index (κ2) is 5.71. The first kappa shape index (κ1) is 13.4. The summed E-state index contributed by atoms with van der Waals surface area (Å²) < 4.78 is 5.25. The summed E-state index contributed by atoms with van der Waals surface area (Å²) in [6.45, 7) is 3.29. The van der Waals surface area contributed by atoms with E-state index in [2.05, 4.69) is 18.3 Å². The average molecular weight is 250 g/mol. The Kier molecular flexibility index (Phi) is 4.23. The number of ether oxygens (including phenoxy) is 1. The number of rotatable bonds is 2. The lowest BCUT2D eigenvalue weighted by Gasteiger charge is -2.33. The standard InChI is InChI=1S/C14H22N2O2/c1-11-2-4-12(5-3-11)16-13(17)14(10-15)6-8-18-9-7-14/h11-12H,2-9H2,1H3,(H,16,17). The maximum Gasteiger partial charge on any atom is 0.240 e. The van der Waals surface area contributed by atoms with Crippen molar-refractivity contribution in [1.82, 2.24) is 5.32 Å². The van der Waals surface area contributed by atoms with Gasteiger partial charge in [0.15, 0.2) is 0 Å². The number of hydrogen-bond donors (Lipinski definition) is 1. The van der Waals surface area contributed by atoms with Gasteiger partial charge in [-0.05, 0) is 44.4 Å². The van der Waals surface area contributed by atoms with E-state index in [0.717, 1.165) is 18.8 Å². The Morgan fingerprint density at radius 1 is 1.28 bits per heavy atom. The molecule has 4 nitrogen and oxygen atoms in total. The minimum atomic E-state index is -0.846. The molecule has 0 aromatic rings. The van der Waals surface area contributed by atoms with Crippen molar-refractivity contribution in [3.8, 4) is 6.07 Å². The van der Waals surface area contributed by atoms with E-state index in [1.807, 2.05) is 0 Å². The van der Waals surface area contributed by atoms with Gasteiger partial charge in [0.2, 0.25) is 5.91 Å². The molecular formula is C14H22N2O2. The third-order valence-corrected chi connectivity index (χ3v) is 4.35. The Bertz CT molecular complexity index is 334. The van der Waals surface area contributed by atoms with E-state index in [1.165, 1.54) is 12.8 Å². The molecule has 0 aromatic heterocycles. The van der Waals surface area contributed by atoms with Gasteiger partial charge < -0.3 is 10.1 Å². The topological polar surface area (TPSA) is 62.1 Å². The molecule has 1 aliphatic carbocycles. The van der Waals surface area contributed by atoms with Crippen LogP contribution in [-0.4, -0.2) is 25.2 Å². The van der Waals surface area contributed by atoms with Crippen LogP contribution in [0.1, 0.15) is 45.4 Å². The Balaban J connectivity index is 1.92. The molecular weight excluding hydrogens is 228 g/mol. The van der Waals surface area contributed by atoms with Gasteiger partial charge in [0, 0.05) is 19.3 Å². The fourth-order valence-corrected chi connectivity index (χ4v) is 2.84. The molecule has 0 aromatic carbocycles. The van der Waals surface area contributed by atoms with Gasteiger partial charge in [0.25, 0.3) is 0 Å². The molecule has 1 amide bonds. The summed E-state index contributed by atoms with van der Waals surface area (Å²) in [6.07, 6.45) is 5.49. The quantitative estimate of drug-likeness (QED) is 0.815. The largest absolute Gasteiger partial charge is 0.381 e. The Labute approximate surface area is 109 Å². The molecule has 100 valence electrons. The van der Waals surface area contributed by atoms with Crippen LogP contribution in [-0.2, 0) is 9.53 Å². The minimum absolute atomic E-state index is 0.0761. The number of nitriles is 1. The second-order valence-corrected chi connectivity index (χ2v) is 5.74. The van der Waals surface area contributed by atoms with Crippen LogP contribution in [0.4, 0.5) is 0 Å². The zero-order valence-electron chi connectivity index (χ0n) is 11.1. The molecule has 4 heteroatoms. The van der Waals surface area contributed by atoms with Crippen LogP contribution in [0.15, 0.2) is 0 Å². The Morgan fingerprint density at radius 2 is 1.89 bits per heavy atom. The fraction of sp³-hybridized carbons (Fsp3) is 0.857. The lowest BCUT2D eigenvalue weighted by molar-refractivity contribution is -0.133. The van der Waals surface area contributed by atoms with Crippen molar-refractivity contribution in [2.45, 2.75) is 51.5 Å². The molecule has 1 saturated carbocycles. The summed E-state index contributed by atoms with van der Waals surface area (Å²) in [6, 6.07) is 2.49. The Hall–Kier alpha value is -1.08. The van der Waals surface area contributed by atoms with E-state index < -0.39 is 5.41 Å². The van der Waals surface area contributed by atoms with E-state index in [-0.39, 0.29) is 11.9 Å². The van der Waals surface area contributed by atoms with Crippen molar-refractivity contribution in [2.24, 2.45) is 11.3 Å². The summed E-state index contributed by atoms with van der Waals surface area (Å²) >= 11 is 0. The van der Waals surface area contributed by atoms with Crippen molar-refractivity contribution in [3.05, 3.63) is 0 Å². The third-order valence-electron chi connectivity index (χ3n) is 4.35. The van der Waals surface area contributed by atoms with Crippen molar-refractivity contribution < 1.29 is 9.53 Å². The van der Waals surface area contributed by atoms with Gasteiger partial charge in [-0.25, -0.2) is 0 Å². The third kappa shape index (κ3) is 2.84. The number of hydrogen-bond acceptors (Lipinski definition) is 3. The van der Waals surface area contributed by atoms with Crippen LogP contribution in [0.5, 0.6) is 0 Å². The summed E-state index contributed by atoms with van der Waals surface area (Å²) in [4.78, 5) is 12.3. The van der Waals surface area contributed by atoms with Crippen LogP contribution >= 0.6 is 0 Å². The molecule has 1 saturated heterocycles. The van der Waals surface area contributed by atoms with Gasteiger partial charge in [0.05, 0.1) is 6.07 Å². The summed E-state index contributed by atoms with van der Waals surface area (Å²) in [7, 11) is 0. The number of nitrogens with zero attached hydrogens (tertiary/aromatic N) is 1. The molecule has 0 atom stereocenters. The number of carbonyl (C=O) groups excluding carboxylic acids is 1. The van der Waals surface area contributed by atoms with Crippen LogP contribution in [0.25, 0.3) is 0 Å². The number of amides is 1. The summed E-state index contributed by atoms with van der Waals surface area (Å²) in [5, 5.41) is 12.4. The zero-order chi connectivity index (χ0) is 13.0. The fourth-order valence-electron chi connectivity index (χ4n) is 2.84. The summed E-state index contributed by atoms with van der Waals surface area (Å²) in [5.41, 5.74) is -0.846. The number of carbonyl (C=O) groups is 1. The van der Waals surface area contributed by atoms with Crippen LogP contribution < -0.4 is 5.32 Å². The lowest BCUT2D eigenvalue weighted by atomic mass is 9.80. The highest BCUT2D eigenvalue weighted by molar-refractivity contribution is 5.85.